The average molecular weight is 246 g/mol. The molecule has 0 aromatic heterocycles. The Morgan fingerprint density at radius 2 is 2.17 bits per heavy atom. The maximum absolute atomic E-state index is 12.5. The van der Waals surface area contributed by atoms with Gasteiger partial charge in [-0.3, -0.25) is 4.79 Å². The van der Waals surface area contributed by atoms with Gasteiger partial charge in [-0.1, -0.05) is 24.6 Å². The maximum atomic E-state index is 12.5. The summed E-state index contributed by atoms with van der Waals surface area (Å²) in [5, 5.41) is 0. The molecule has 2 rings (SSSR count). The van der Waals surface area contributed by atoms with Gasteiger partial charge in [0.25, 0.3) is 5.91 Å². The van der Waals surface area contributed by atoms with Crippen LogP contribution in [-0.2, 0) is 0 Å². The van der Waals surface area contributed by atoms with E-state index in [0.717, 1.165) is 36.2 Å². The minimum absolute atomic E-state index is 0.0907. The van der Waals surface area contributed by atoms with Crippen LogP contribution >= 0.6 is 0 Å². The highest BCUT2D eigenvalue weighted by molar-refractivity contribution is 5.96. The molecule has 3 heteroatoms. The molecule has 1 aromatic rings. The first-order chi connectivity index (χ1) is 8.45. The topological polar surface area (TPSA) is 46.3 Å². The lowest BCUT2D eigenvalue weighted by molar-refractivity contribution is 0.0776. The van der Waals surface area contributed by atoms with Gasteiger partial charge in [0.05, 0.1) is 0 Å². The lowest BCUT2D eigenvalue weighted by Gasteiger charge is -2.23. The number of nitrogens with zero attached hydrogens (tertiary/aromatic N) is 1. The van der Waals surface area contributed by atoms with Crippen LogP contribution in [0.3, 0.4) is 0 Å². The van der Waals surface area contributed by atoms with Gasteiger partial charge >= 0.3 is 0 Å². The van der Waals surface area contributed by atoms with Gasteiger partial charge < -0.3 is 10.6 Å². The third-order valence-corrected chi connectivity index (χ3v) is 3.96. The van der Waals surface area contributed by atoms with Crippen molar-refractivity contribution in [3.8, 4) is 0 Å². The first-order valence-corrected chi connectivity index (χ1v) is 6.52. The van der Waals surface area contributed by atoms with Gasteiger partial charge in [0, 0.05) is 18.7 Å². The molecule has 1 atom stereocenters. The van der Waals surface area contributed by atoms with E-state index in [1.807, 2.05) is 36.9 Å². The van der Waals surface area contributed by atoms with Crippen LogP contribution in [0.1, 0.15) is 34.8 Å². The van der Waals surface area contributed by atoms with Crippen LogP contribution in [0.2, 0.25) is 0 Å². The fraction of sp³-hybridized carbons (Fsp3) is 0.533. The Kier molecular flexibility index (Phi) is 3.44. The van der Waals surface area contributed by atoms with Crippen LogP contribution in [0.5, 0.6) is 0 Å². The first kappa shape index (κ1) is 13.1. The van der Waals surface area contributed by atoms with Crippen molar-refractivity contribution in [3.63, 3.8) is 0 Å². The smallest absolute Gasteiger partial charge is 0.254 e. The Bertz CT molecular complexity index is 470. The zero-order valence-electron chi connectivity index (χ0n) is 11.5. The van der Waals surface area contributed by atoms with Crippen LogP contribution in [0.25, 0.3) is 0 Å². The minimum atomic E-state index is 0.0907. The van der Waals surface area contributed by atoms with Crippen LogP contribution in [0.15, 0.2) is 18.2 Å². The summed E-state index contributed by atoms with van der Waals surface area (Å²) in [6.07, 6.45) is 1.00. The highest BCUT2D eigenvalue weighted by Gasteiger charge is 2.35. The molecule has 1 aromatic carbocycles. The van der Waals surface area contributed by atoms with E-state index < -0.39 is 0 Å². The molecule has 98 valence electrons. The zero-order valence-corrected chi connectivity index (χ0v) is 11.5. The Balaban J connectivity index is 2.20. The quantitative estimate of drug-likeness (QED) is 0.868. The van der Waals surface area contributed by atoms with Crippen molar-refractivity contribution in [1.29, 1.82) is 0 Å². The number of rotatable bonds is 2. The van der Waals surface area contributed by atoms with Crippen LogP contribution in [0, 0.1) is 19.3 Å². The molecule has 1 amide bonds. The lowest BCUT2D eigenvalue weighted by atomic mass is 9.90. The van der Waals surface area contributed by atoms with Gasteiger partial charge in [0.2, 0.25) is 0 Å². The molecule has 1 aliphatic heterocycles. The number of nitrogens with two attached hydrogens (primary N) is 1. The van der Waals surface area contributed by atoms with Crippen molar-refractivity contribution in [2.24, 2.45) is 11.1 Å². The molecular formula is C15H22N2O. The second kappa shape index (κ2) is 4.73. The van der Waals surface area contributed by atoms with Gasteiger partial charge in [-0.2, -0.15) is 0 Å². The monoisotopic (exact) mass is 246 g/mol. The van der Waals surface area contributed by atoms with E-state index in [0.29, 0.717) is 6.54 Å². The molecule has 1 heterocycles. The summed E-state index contributed by atoms with van der Waals surface area (Å²) in [5.41, 5.74) is 8.88. The number of carbonyl (C=O) groups excluding carboxylic acids is 1. The van der Waals surface area contributed by atoms with E-state index in [1.54, 1.807) is 0 Å². The first-order valence-electron chi connectivity index (χ1n) is 6.52. The number of hydrogen-bond acceptors (Lipinski definition) is 2. The van der Waals surface area contributed by atoms with Crippen molar-refractivity contribution in [1.82, 2.24) is 4.90 Å². The van der Waals surface area contributed by atoms with E-state index in [2.05, 4.69) is 6.92 Å². The number of hydrogen-bond donors (Lipinski definition) is 1. The zero-order chi connectivity index (χ0) is 13.3. The summed E-state index contributed by atoms with van der Waals surface area (Å²) in [5.74, 6) is 0.147. The molecule has 2 N–H and O–H groups in total. The van der Waals surface area contributed by atoms with E-state index >= 15 is 0 Å². The molecule has 0 bridgehead atoms. The molecule has 1 unspecified atom stereocenters. The van der Waals surface area contributed by atoms with Crippen LogP contribution in [-0.4, -0.2) is 30.4 Å². The molecule has 0 spiro atoms. The molecular weight excluding hydrogens is 224 g/mol. The van der Waals surface area contributed by atoms with E-state index in [4.69, 9.17) is 5.73 Å². The Morgan fingerprint density at radius 3 is 2.78 bits per heavy atom. The summed E-state index contributed by atoms with van der Waals surface area (Å²) in [6.45, 7) is 8.40. The molecule has 0 saturated carbocycles. The third-order valence-electron chi connectivity index (χ3n) is 3.96. The number of likely N-dealkylation sites (tertiary alicyclic amines) is 1. The number of aryl methyl sites for hydroxylation is 2. The van der Waals surface area contributed by atoms with Gasteiger partial charge in [0.15, 0.2) is 0 Å². The largest absolute Gasteiger partial charge is 0.338 e. The molecule has 0 aliphatic carbocycles. The van der Waals surface area contributed by atoms with Crippen molar-refractivity contribution in [2.75, 3.05) is 19.6 Å². The molecule has 3 nitrogen and oxygen atoms in total. The molecule has 1 fully saturated rings. The lowest BCUT2D eigenvalue weighted by Crippen LogP contribution is -2.34. The van der Waals surface area contributed by atoms with Crippen molar-refractivity contribution in [2.45, 2.75) is 27.2 Å². The number of benzene rings is 1. The summed E-state index contributed by atoms with van der Waals surface area (Å²) in [7, 11) is 0. The normalized spacial score (nSPS) is 23.4. The molecule has 18 heavy (non-hydrogen) atoms. The SMILES string of the molecule is Cc1ccc(C)c(C(=O)N2CCC(C)(CN)C2)c1. The number of carbonyl (C=O) groups is 1. The van der Waals surface area contributed by atoms with Gasteiger partial charge in [-0.15, -0.1) is 0 Å². The molecule has 1 aliphatic rings. The predicted octanol–water partition coefficient (Wildman–Crippen LogP) is 2.11. The fourth-order valence-corrected chi connectivity index (χ4v) is 2.50. The second-order valence-electron chi connectivity index (χ2n) is 5.81. The fourth-order valence-electron chi connectivity index (χ4n) is 2.50. The molecule has 0 radical (unpaired) electrons. The van der Waals surface area contributed by atoms with E-state index in [1.165, 1.54) is 0 Å². The summed E-state index contributed by atoms with van der Waals surface area (Å²) in [4.78, 5) is 14.4. The maximum Gasteiger partial charge on any atom is 0.254 e. The van der Waals surface area contributed by atoms with Crippen molar-refractivity contribution < 1.29 is 4.79 Å². The standard InChI is InChI=1S/C15H22N2O/c1-11-4-5-12(2)13(8-11)14(18)17-7-6-15(3,9-16)10-17/h4-5,8H,6-7,9-10,16H2,1-3H3. The summed E-state index contributed by atoms with van der Waals surface area (Å²) in [6, 6.07) is 6.04. The van der Waals surface area contributed by atoms with Crippen molar-refractivity contribution in [3.05, 3.63) is 34.9 Å². The van der Waals surface area contributed by atoms with Gasteiger partial charge in [-0.05, 0) is 43.9 Å². The van der Waals surface area contributed by atoms with E-state index in [-0.39, 0.29) is 11.3 Å². The Hall–Kier alpha value is -1.35. The van der Waals surface area contributed by atoms with E-state index in [9.17, 15) is 4.79 Å². The van der Waals surface area contributed by atoms with Crippen LogP contribution in [0.4, 0.5) is 0 Å². The number of amides is 1. The van der Waals surface area contributed by atoms with Crippen molar-refractivity contribution >= 4 is 5.91 Å². The van der Waals surface area contributed by atoms with Gasteiger partial charge in [-0.25, -0.2) is 0 Å². The summed E-state index contributed by atoms with van der Waals surface area (Å²) >= 11 is 0. The highest BCUT2D eigenvalue weighted by atomic mass is 16.2. The molecule has 1 saturated heterocycles. The average Bonchev–Trinajstić information content (AvgIpc) is 2.75. The summed E-state index contributed by atoms with van der Waals surface area (Å²) < 4.78 is 0. The predicted molar refractivity (Wildman–Crippen MR) is 73.6 cm³/mol. The van der Waals surface area contributed by atoms with Crippen LogP contribution < -0.4 is 5.73 Å². The Morgan fingerprint density at radius 1 is 1.44 bits per heavy atom. The highest BCUT2D eigenvalue weighted by Crippen LogP contribution is 2.29. The Labute approximate surface area is 109 Å². The van der Waals surface area contributed by atoms with Gasteiger partial charge in [0.1, 0.15) is 0 Å². The minimum Gasteiger partial charge on any atom is -0.338 e. The second-order valence-corrected chi connectivity index (χ2v) is 5.81. The third kappa shape index (κ3) is 2.41.